The number of nitrogens with one attached hydrogen (secondary N) is 2. The van der Waals surface area contributed by atoms with E-state index in [0.29, 0.717) is 24.2 Å². The number of rotatable bonds is 4. The minimum absolute atomic E-state index is 0.0266. The standard InChI is InChI=1S/C22H21FN4O2/c1-13-11-20(26-27(13)18-7-5-17(23)6-8-18)22(29)24-14(2)15-3-9-19-16(12-15)4-10-21(28)25-19/h3,5-9,11-12,14H,4,10H2,1-2H3,(H,24,29)(H,25,28)/t14-/m0/s1. The third kappa shape index (κ3) is 3.89. The van der Waals surface area contributed by atoms with Crippen LogP contribution in [0, 0.1) is 12.7 Å². The summed E-state index contributed by atoms with van der Waals surface area (Å²) in [5.74, 6) is -0.582. The number of fused-ring (bicyclic) bond motifs is 1. The molecule has 0 radical (unpaired) electrons. The van der Waals surface area contributed by atoms with Crippen molar-refractivity contribution in [2.75, 3.05) is 5.32 Å². The first-order valence-electron chi connectivity index (χ1n) is 9.47. The van der Waals surface area contributed by atoms with Gasteiger partial charge in [0.2, 0.25) is 5.91 Å². The molecule has 0 spiro atoms. The molecular weight excluding hydrogens is 371 g/mol. The van der Waals surface area contributed by atoms with Gasteiger partial charge in [0.25, 0.3) is 5.91 Å². The van der Waals surface area contributed by atoms with Crippen LogP contribution >= 0.6 is 0 Å². The minimum Gasteiger partial charge on any atom is -0.344 e. The summed E-state index contributed by atoms with van der Waals surface area (Å²) >= 11 is 0. The van der Waals surface area contributed by atoms with Crippen LogP contribution < -0.4 is 10.6 Å². The Morgan fingerprint density at radius 2 is 1.93 bits per heavy atom. The maximum atomic E-state index is 13.2. The number of halogens is 1. The summed E-state index contributed by atoms with van der Waals surface area (Å²) in [7, 11) is 0. The van der Waals surface area contributed by atoms with E-state index in [1.807, 2.05) is 32.0 Å². The molecule has 4 rings (SSSR count). The highest BCUT2D eigenvalue weighted by Gasteiger charge is 2.19. The number of nitrogens with zero attached hydrogens (tertiary/aromatic N) is 2. The van der Waals surface area contributed by atoms with E-state index in [1.165, 1.54) is 12.1 Å². The molecule has 2 N–H and O–H groups in total. The summed E-state index contributed by atoms with van der Waals surface area (Å²) in [6.45, 7) is 3.75. The van der Waals surface area contributed by atoms with Gasteiger partial charge in [-0.05, 0) is 67.8 Å². The van der Waals surface area contributed by atoms with Crippen LogP contribution in [0.5, 0.6) is 0 Å². The quantitative estimate of drug-likeness (QED) is 0.711. The van der Waals surface area contributed by atoms with Crippen molar-refractivity contribution >= 4 is 17.5 Å². The topological polar surface area (TPSA) is 76.0 Å². The number of hydrogen-bond donors (Lipinski definition) is 2. The summed E-state index contributed by atoms with van der Waals surface area (Å²) in [5.41, 5.74) is 4.62. The molecule has 29 heavy (non-hydrogen) atoms. The monoisotopic (exact) mass is 392 g/mol. The molecule has 0 saturated carbocycles. The van der Waals surface area contributed by atoms with Gasteiger partial charge in [-0.15, -0.1) is 0 Å². The number of aryl methyl sites for hydroxylation is 2. The molecule has 1 aromatic heterocycles. The van der Waals surface area contributed by atoms with Crippen molar-refractivity contribution in [1.82, 2.24) is 15.1 Å². The molecule has 6 nitrogen and oxygen atoms in total. The zero-order valence-electron chi connectivity index (χ0n) is 16.2. The molecule has 0 aliphatic carbocycles. The maximum Gasteiger partial charge on any atom is 0.272 e. The third-order valence-corrected chi connectivity index (χ3v) is 5.06. The largest absolute Gasteiger partial charge is 0.344 e. The normalized spacial score (nSPS) is 14.1. The lowest BCUT2D eigenvalue weighted by atomic mass is 9.98. The van der Waals surface area contributed by atoms with Crippen molar-refractivity contribution in [2.45, 2.75) is 32.7 Å². The minimum atomic E-state index is -0.324. The van der Waals surface area contributed by atoms with E-state index in [4.69, 9.17) is 0 Å². The number of amides is 2. The number of hydrogen-bond acceptors (Lipinski definition) is 3. The van der Waals surface area contributed by atoms with Crippen molar-refractivity contribution in [3.63, 3.8) is 0 Å². The van der Waals surface area contributed by atoms with Gasteiger partial charge in [-0.1, -0.05) is 12.1 Å². The van der Waals surface area contributed by atoms with Gasteiger partial charge >= 0.3 is 0 Å². The fourth-order valence-electron chi connectivity index (χ4n) is 3.46. The summed E-state index contributed by atoms with van der Waals surface area (Å²) < 4.78 is 14.8. The van der Waals surface area contributed by atoms with Crippen molar-refractivity contribution in [3.8, 4) is 5.69 Å². The van der Waals surface area contributed by atoms with E-state index in [1.54, 1.807) is 22.9 Å². The lowest BCUT2D eigenvalue weighted by molar-refractivity contribution is -0.116. The zero-order valence-corrected chi connectivity index (χ0v) is 16.2. The van der Waals surface area contributed by atoms with Crippen molar-refractivity contribution < 1.29 is 14.0 Å². The Bertz CT molecular complexity index is 1090. The van der Waals surface area contributed by atoms with Crippen LogP contribution in [0.2, 0.25) is 0 Å². The molecule has 148 valence electrons. The first-order chi connectivity index (χ1) is 13.9. The fraction of sp³-hybridized carbons (Fsp3) is 0.227. The summed E-state index contributed by atoms with van der Waals surface area (Å²) in [5, 5.41) is 10.2. The van der Waals surface area contributed by atoms with Crippen LogP contribution in [0.15, 0.2) is 48.5 Å². The van der Waals surface area contributed by atoms with Gasteiger partial charge in [0.15, 0.2) is 5.69 Å². The van der Waals surface area contributed by atoms with E-state index in [2.05, 4.69) is 15.7 Å². The number of benzene rings is 2. The van der Waals surface area contributed by atoms with Crippen molar-refractivity contribution in [3.05, 3.63) is 76.9 Å². The highest BCUT2D eigenvalue weighted by molar-refractivity contribution is 5.94. The third-order valence-electron chi connectivity index (χ3n) is 5.06. The smallest absolute Gasteiger partial charge is 0.272 e. The number of carbonyl (C=O) groups excluding carboxylic acids is 2. The molecule has 1 atom stereocenters. The Hall–Kier alpha value is -3.48. The molecule has 0 bridgehead atoms. The Morgan fingerprint density at radius 1 is 1.17 bits per heavy atom. The molecular formula is C22H21FN4O2. The first kappa shape index (κ1) is 18.9. The molecule has 2 aromatic carbocycles. The molecule has 7 heteroatoms. The van der Waals surface area contributed by atoms with Crippen LogP contribution in [0.25, 0.3) is 5.69 Å². The van der Waals surface area contributed by atoms with E-state index in [0.717, 1.165) is 22.5 Å². The maximum absolute atomic E-state index is 13.2. The van der Waals surface area contributed by atoms with Crippen molar-refractivity contribution in [1.29, 1.82) is 0 Å². The Labute approximate surface area is 167 Å². The predicted molar refractivity (Wildman–Crippen MR) is 108 cm³/mol. The van der Waals surface area contributed by atoms with E-state index in [9.17, 15) is 14.0 Å². The Balaban J connectivity index is 1.50. The molecule has 2 heterocycles. The number of carbonyl (C=O) groups is 2. The van der Waals surface area contributed by atoms with Crippen LogP contribution in [0.4, 0.5) is 10.1 Å². The van der Waals surface area contributed by atoms with Gasteiger partial charge < -0.3 is 10.6 Å². The highest BCUT2D eigenvalue weighted by Crippen LogP contribution is 2.26. The molecule has 0 fully saturated rings. The molecule has 0 unspecified atom stereocenters. The first-order valence-corrected chi connectivity index (χ1v) is 9.47. The van der Waals surface area contributed by atoms with Crippen LogP contribution in [-0.4, -0.2) is 21.6 Å². The molecule has 0 saturated heterocycles. The fourth-order valence-corrected chi connectivity index (χ4v) is 3.46. The van der Waals surface area contributed by atoms with Crippen molar-refractivity contribution in [2.24, 2.45) is 0 Å². The summed E-state index contributed by atoms with van der Waals surface area (Å²) in [6.07, 6.45) is 1.16. The van der Waals surface area contributed by atoms with E-state index >= 15 is 0 Å². The average molecular weight is 392 g/mol. The Morgan fingerprint density at radius 3 is 2.69 bits per heavy atom. The lowest BCUT2D eigenvalue weighted by Crippen LogP contribution is -2.27. The second-order valence-electron chi connectivity index (χ2n) is 7.22. The number of anilines is 1. The van der Waals surface area contributed by atoms with Gasteiger partial charge in [-0.25, -0.2) is 9.07 Å². The van der Waals surface area contributed by atoms with Gasteiger partial charge in [-0.3, -0.25) is 9.59 Å². The molecule has 1 aliphatic heterocycles. The van der Waals surface area contributed by atoms with Gasteiger partial charge in [0, 0.05) is 17.8 Å². The predicted octanol–water partition coefficient (Wildman–Crippen LogP) is 3.70. The average Bonchev–Trinajstić information content (AvgIpc) is 3.10. The van der Waals surface area contributed by atoms with Crippen LogP contribution in [0.1, 0.15) is 46.7 Å². The SMILES string of the molecule is Cc1cc(C(=O)N[C@@H](C)c2ccc3c(c2)CCC(=O)N3)nn1-c1ccc(F)cc1. The molecule has 3 aromatic rings. The van der Waals surface area contributed by atoms with Gasteiger partial charge in [0.05, 0.1) is 11.7 Å². The number of aromatic nitrogens is 2. The summed E-state index contributed by atoms with van der Waals surface area (Å²) in [6, 6.07) is 13.2. The van der Waals surface area contributed by atoms with Crippen LogP contribution in [-0.2, 0) is 11.2 Å². The van der Waals surface area contributed by atoms with E-state index in [-0.39, 0.29) is 23.7 Å². The molecule has 2 amide bonds. The zero-order chi connectivity index (χ0) is 20.5. The second-order valence-corrected chi connectivity index (χ2v) is 7.22. The Kier molecular flexibility index (Phi) is 4.88. The molecule has 1 aliphatic rings. The van der Waals surface area contributed by atoms with Gasteiger partial charge in [-0.2, -0.15) is 5.10 Å². The summed E-state index contributed by atoms with van der Waals surface area (Å²) in [4.78, 5) is 24.2. The second kappa shape index (κ2) is 7.50. The van der Waals surface area contributed by atoms with Crippen LogP contribution in [0.3, 0.4) is 0 Å². The lowest BCUT2D eigenvalue weighted by Gasteiger charge is -2.20. The highest BCUT2D eigenvalue weighted by atomic mass is 19.1. The van der Waals surface area contributed by atoms with E-state index < -0.39 is 0 Å². The van der Waals surface area contributed by atoms with Gasteiger partial charge in [0.1, 0.15) is 5.82 Å².